The topological polar surface area (TPSA) is 55.2 Å². The van der Waals surface area contributed by atoms with Crippen LogP contribution in [0.3, 0.4) is 0 Å². The van der Waals surface area contributed by atoms with Gasteiger partial charge in [0.2, 0.25) is 0 Å². The van der Waals surface area contributed by atoms with E-state index in [9.17, 15) is 10.1 Å². The van der Waals surface area contributed by atoms with E-state index in [0.29, 0.717) is 6.04 Å². The van der Waals surface area contributed by atoms with Gasteiger partial charge in [0.05, 0.1) is 4.92 Å². The average Bonchev–Trinajstić information content (AvgIpc) is 3.13. The zero-order valence-corrected chi connectivity index (χ0v) is 10.1. The quantitative estimate of drug-likeness (QED) is 0.608. The Balaban J connectivity index is 1.99. The summed E-state index contributed by atoms with van der Waals surface area (Å²) in [5.41, 5.74) is 1.34. The number of nitrogens with one attached hydrogen (secondary N) is 1. The first-order valence-corrected chi connectivity index (χ1v) is 6.17. The van der Waals surface area contributed by atoms with Crippen LogP contribution in [0, 0.1) is 16.0 Å². The maximum absolute atomic E-state index is 10.5. The van der Waals surface area contributed by atoms with Crippen LogP contribution in [0.2, 0.25) is 0 Å². The standard InChI is InChI=1S/C13H18N2O2/c1-2-14-13(11-5-6-11)9-10-3-7-12(8-4-10)15(16)17/h3-4,7-8,11,13-14H,2,5-6,9H2,1H3. The number of rotatable bonds is 6. The van der Waals surface area contributed by atoms with Crippen LogP contribution < -0.4 is 5.32 Å². The van der Waals surface area contributed by atoms with E-state index in [4.69, 9.17) is 0 Å². The second-order valence-corrected chi connectivity index (χ2v) is 4.63. The molecule has 1 aliphatic rings. The number of nitro groups is 1. The van der Waals surface area contributed by atoms with Gasteiger partial charge in [-0.05, 0) is 37.3 Å². The summed E-state index contributed by atoms with van der Waals surface area (Å²) in [6.07, 6.45) is 3.59. The van der Waals surface area contributed by atoms with Crippen LogP contribution in [0.1, 0.15) is 25.3 Å². The van der Waals surface area contributed by atoms with Crippen LogP contribution in [0.4, 0.5) is 5.69 Å². The first-order valence-electron chi connectivity index (χ1n) is 6.17. The minimum atomic E-state index is -0.355. The summed E-state index contributed by atoms with van der Waals surface area (Å²) < 4.78 is 0. The molecule has 1 N–H and O–H groups in total. The van der Waals surface area contributed by atoms with Gasteiger partial charge in [0.1, 0.15) is 0 Å². The van der Waals surface area contributed by atoms with Crippen molar-refractivity contribution in [2.24, 2.45) is 5.92 Å². The van der Waals surface area contributed by atoms with Gasteiger partial charge in [0, 0.05) is 18.2 Å². The number of nitrogens with zero attached hydrogens (tertiary/aromatic N) is 1. The predicted octanol–water partition coefficient (Wildman–Crippen LogP) is 2.53. The summed E-state index contributed by atoms with van der Waals surface area (Å²) >= 11 is 0. The molecule has 1 aromatic rings. The molecule has 1 aromatic carbocycles. The lowest BCUT2D eigenvalue weighted by Crippen LogP contribution is -2.32. The van der Waals surface area contributed by atoms with E-state index >= 15 is 0 Å². The van der Waals surface area contributed by atoms with Gasteiger partial charge in [-0.25, -0.2) is 0 Å². The van der Waals surface area contributed by atoms with Crippen LogP contribution in [0.25, 0.3) is 0 Å². The number of likely N-dealkylation sites (N-methyl/N-ethyl adjacent to an activating group) is 1. The number of non-ortho nitro benzene ring substituents is 1. The highest BCUT2D eigenvalue weighted by atomic mass is 16.6. The Morgan fingerprint density at radius 2 is 2.06 bits per heavy atom. The number of nitro benzene ring substituents is 1. The van der Waals surface area contributed by atoms with Crippen LogP contribution >= 0.6 is 0 Å². The van der Waals surface area contributed by atoms with Crippen molar-refractivity contribution in [3.8, 4) is 0 Å². The normalized spacial score (nSPS) is 16.8. The largest absolute Gasteiger partial charge is 0.314 e. The molecule has 0 aliphatic heterocycles. The van der Waals surface area contributed by atoms with E-state index in [1.807, 2.05) is 12.1 Å². The second-order valence-electron chi connectivity index (χ2n) is 4.63. The van der Waals surface area contributed by atoms with Gasteiger partial charge < -0.3 is 5.32 Å². The summed E-state index contributed by atoms with van der Waals surface area (Å²) in [6, 6.07) is 7.44. The molecule has 17 heavy (non-hydrogen) atoms. The van der Waals surface area contributed by atoms with E-state index in [1.54, 1.807) is 12.1 Å². The molecule has 4 nitrogen and oxygen atoms in total. The molecule has 0 heterocycles. The summed E-state index contributed by atoms with van der Waals surface area (Å²) in [4.78, 5) is 10.2. The van der Waals surface area contributed by atoms with Crippen LogP contribution in [0.5, 0.6) is 0 Å². The molecule has 92 valence electrons. The Hall–Kier alpha value is -1.42. The molecule has 0 saturated heterocycles. The fraction of sp³-hybridized carbons (Fsp3) is 0.538. The van der Waals surface area contributed by atoms with E-state index in [0.717, 1.165) is 18.9 Å². The highest BCUT2D eigenvalue weighted by Crippen LogP contribution is 2.34. The predicted molar refractivity (Wildman–Crippen MR) is 67.0 cm³/mol. The maximum Gasteiger partial charge on any atom is 0.269 e. The lowest BCUT2D eigenvalue weighted by molar-refractivity contribution is -0.384. The molecule has 1 aliphatic carbocycles. The molecule has 0 aromatic heterocycles. The Kier molecular flexibility index (Phi) is 3.74. The fourth-order valence-electron chi connectivity index (χ4n) is 2.17. The van der Waals surface area contributed by atoms with E-state index in [1.165, 1.54) is 18.4 Å². The molecule has 2 rings (SSSR count). The monoisotopic (exact) mass is 234 g/mol. The van der Waals surface area contributed by atoms with Crippen molar-refractivity contribution < 1.29 is 4.92 Å². The molecule has 1 atom stereocenters. The molecular weight excluding hydrogens is 216 g/mol. The fourth-order valence-corrected chi connectivity index (χ4v) is 2.17. The highest BCUT2D eigenvalue weighted by Gasteiger charge is 2.30. The minimum Gasteiger partial charge on any atom is -0.314 e. The molecule has 4 heteroatoms. The molecular formula is C13H18N2O2. The molecule has 0 amide bonds. The SMILES string of the molecule is CCNC(Cc1ccc([N+](=O)[O-])cc1)C1CC1. The first kappa shape index (κ1) is 12.0. The zero-order valence-electron chi connectivity index (χ0n) is 10.1. The molecule has 0 bridgehead atoms. The Bertz CT molecular complexity index is 385. The van der Waals surface area contributed by atoms with Crippen LogP contribution in [-0.4, -0.2) is 17.5 Å². The lowest BCUT2D eigenvalue weighted by Gasteiger charge is -2.17. The third-order valence-electron chi connectivity index (χ3n) is 3.26. The summed E-state index contributed by atoms with van der Waals surface area (Å²) in [5, 5.41) is 14.0. The third-order valence-corrected chi connectivity index (χ3v) is 3.26. The Labute approximate surface area is 101 Å². The minimum absolute atomic E-state index is 0.167. The van der Waals surface area contributed by atoms with Crippen LogP contribution in [-0.2, 0) is 6.42 Å². The smallest absolute Gasteiger partial charge is 0.269 e. The third kappa shape index (κ3) is 3.27. The van der Waals surface area contributed by atoms with Crippen molar-refractivity contribution >= 4 is 5.69 Å². The molecule has 1 fully saturated rings. The van der Waals surface area contributed by atoms with Crippen molar-refractivity contribution in [1.29, 1.82) is 0 Å². The van der Waals surface area contributed by atoms with Gasteiger partial charge >= 0.3 is 0 Å². The number of benzene rings is 1. The number of hydrogen-bond acceptors (Lipinski definition) is 3. The van der Waals surface area contributed by atoms with E-state index < -0.39 is 0 Å². The van der Waals surface area contributed by atoms with Crippen LogP contribution in [0.15, 0.2) is 24.3 Å². The lowest BCUT2D eigenvalue weighted by atomic mass is 10.0. The molecule has 1 unspecified atom stereocenters. The van der Waals surface area contributed by atoms with Gasteiger partial charge in [-0.2, -0.15) is 0 Å². The van der Waals surface area contributed by atoms with Crippen molar-refractivity contribution in [2.75, 3.05) is 6.54 Å². The van der Waals surface area contributed by atoms with E-state index in [-0.39, 0.29) is 10.6 Å². The Morgan fingerprint density at radius 3 is 2.53 bits per heavy atom. The zero-order chi connectivity index (χ0) is 12.3. The van der Waals surface area contributed by atoms with Gasteiger partial charge in [0.15, 0.2) is 0 Å². The molecule has 1 saturated carbocycles. The van der Waals surface area contributed by atoms with Gasteiger partial charge in [0.25, 0.3) is 5.69 Å². The molecule has 0 spiro atoms. The van der Waals surface area contributed by atoms with E-state index in [2.05, 4.69) is 12.2 Å². The van der Waals surface area contributed by atoms with Gasteiger partial charge in [-0.15, -0.1) is 0 Å². The van der Waals surface area contributed by atoms with Crippen molar-refractivity contribution in [3.05, 3.63) is 39.9 Å². The summed E-state index contributed by atoms with van der Waals surface area (Å²) in [6.45, 7) is 3.10. The summed E-state index contributed by atoms with van der Waals surface area (Å²) in [5.74, 6) is 0.796. The highest BCUT2D eigenvalue weighted by molar-refractivity contribution is 5.33. The summed E-state index contributed by atoms with van der Waals surface area (Å²) in [7, 11) is 0. The van der Waals surface area contributed by atoms with Crippen molar-refractivity contribution in [2.45, 2.75) is 32.2 Å². The molecule has 0 radical (unpaired) electrons. The maximum atomic E-state index is 10.5. The first-order chi connectivity index (χ1) is 8.20. The van der Waals surface area contributed by atoms with Gasteiger partial charge in [-0.3, -0.25) is 10.1 Å². The van der Waals surface area contributed by atoms with Crippen molar-refractivity contribution in [1.82, 2.24) is 5.32 Å². The Morgan fingerprint density at radius 1 is 1.41 bits per heavy atom. The number of hydrogen-bond donors (Lipinski definition) is 1. The second kappa shape index (κ2) is 5.27. The van der Waals surface area contributed by atoms with Crippen molar-refractivity contribution in [3.63, 3.8) is 0 Å². The van der Waals surface area contributed by atoms with Gasteiger partial charge in [-0.1, -0.05) is 19.1 Å². The average molecular weight is 234 g/mol.